The second-order valence-electron chi connectivity index (χ2n) is 15.0. The van der Waals surface area contributed by atoms with E-state index in [1.807, 2.05) is 24.3 Å². The van der Waals surface area contributed by atoms with Crippen LogP contribution in [0.3, 0.4) is 0 Å². The predicted molar refractivity (Wildman–Crippen MR) is 249 cm³/mol. The summed E-state index contributed by atoms with van der Waals surface area (Å²) in [6.07, 6.45) is 6.78. The largest absolute Gasteiger partial charge is 0.497 e. The number of methoxy groups -OCH3 is 2. The van der Waals surface area contributed by atoms with Gasteiger partial charge in [0.1, 0.15) is 11.5 Å². The summed E-state index contributed by atoms with van der Waals surface area (Å²) < 4.78 is 21.8. The van der Waals surface area contributed by atoms with Gasteiger partial charge in [0.05, 0.1) is 38.5 Å². The van der Waals surface area contributed by atoms with Gasteiger partial charge in [-0.05, 0) is 87.4 Å². The highest BCUT2D eigenvalue weighted by Gasteiger charge is 2.42. The van der Waals surface area contributed by atoms with Gasteiger partial charge in [0.15, 0.2) is 34.4 Å². The first-order valence-electron chi connectivity index (χ1n) is 20.8. The smallest absolute Gasteiger partial charge is 0.357 e. The van der Waals surface area contributed by atoms with E-state index in [-0.39, 0.29) is 36.8 Å². The van der Waals surface area contributed by atoms with Crippen molar-refractivity contribution < 1.29 is 48.3 Å². The van der Waals surface area contributed by atoms with Crippen LogP contribution < -0.4 is 9.47 Å². The van der Waals surface area contributed by atoms with Gasteiger partial charge in [-0.2, -0.15) is 0 Å². The van der Waals surface area contributed by atoms with Crippen molar-refractivity contribution in [3.63, 3.8) is 0 Å². The van der Waals surface area contributed by atoms with Crippen LogP contribution in [0.15, 0.2) is 89.4 Å². The van der Waals surface area contributed by atoms with Gasteiger partial charge in [0, 0.05) is 58.4 Å². The maximum atomic E-state index is 12.6. The maximum absolute atomic E-state index is 12.6. The number of fused-ring (bicyclic) bond motifs is 2. The van der Waals surface area contributed by atoms with Crippen molar-refractivity contribution in [2.45, 2.75) is 50.7 Å². The fourth-order valence-corrected chi connectivity index (χ4v) is 7.35. The molecule has 2 N–H and O–H groups in total. The molecule has 2 aliphatic rings. The molecule has 15 nitrogen and oxygen atoms in total. The minimum absolute atomic E-state index is 0.140. The molecular formula is C50H46BrN5O10. The number of amides is 1. The summed E-state index contributed by atoms with van der Waals surface area (Å²) in [6, 6.07) is 25.3. The van der Waals surface area contributed by atoms with Gasteiger partial charge in [0.25, 0.3) is 5.91 Å². The van der Waals surface area contributed by atoms with E-state index in [2.05, 4.69) is 53.6 Å². The van der Waals surface area contributed by atoms with Crippen molar-refractivity contribution in [3.8, 4) is 58.5 Å². The molecule has 2 atom stereocenters. The van der Waals surface area contributed by atoms with Gasteiger partial charge >= 0.3 is 11.9 Å². The molecule has 1 saturated carbocycles. The van der Waals surface area contributed by atoms with Gasteiger partial charge in [-0.15, -0.1) is 6.42 Å². The third kappa shape index (κ3) is 11.0. The van der Waals surface area contributed by atoms with Crippen molar-refractivity contribution in [1.82, 2.24) is 24.8 Å². The van der Waals surface area contributed by atoms with Crippen molar-refractivity contribution in [2.75, 3.05) is 41.0 Å². The second-order valence-corrected chi connectivity index (χ2v) is 15.9. The van der Waals surface area contributed by atoms with Crippen LogP contribution in [0.25, 0.3) is 44.6 Å². The maximum Gasteiger partial charge on any atom is 0.357 e. The summed E-state index contributed by atoms with van der Waals surface area (Å²) >= 11 is 3.44. The molecule has 3 heterocycles. The minimum Gasteiger partial charge on any atom is -0.497 e. The molecule has 6 aromatic rings. The van der Waals surface area contributed by atoms with Crippen LogP contribution in [-0.2, 0) is 19.1 Å². The number of esters is 2. The zero-order valence-electron chi connectivity index (χ0n) is 36.9. The molecule has 0 spiro atoms. The molecule has 4 aromatic carbocycles. The molecule has 66 heavy (non-hydrogen) atoms. The summed E-state index contributed by atoms with van der Waals surface area (Å²) in [5.41, 5.74) is 0.522. The number of likely N-dealkylation sites (N-methyl/N-ethyl adjacent to an activating group) is 1. The lowest BCUT2D eigenvalue weighted by Gasteiger charge is -2.13. The Morgan fingerprint density at radius 2 is 1.30 bits per heavy atom. The van der Waals surface area contributed by atoms with Crippen LogP contribution in [0, 0.1) is 24.2 Å². The van der Waals surface area contributed by atoms with E-state index >= 15 is 0 Å². The summed E-state index contributed by atoms with van der Waals surface area (Å²) in [5, 5.41) is 20.8. The monoisotopic (exact) mass is 955 g/mol. The van der Waals surface area contributed by atoms with Crippen LogP contribution in [-0.4, -0.2) is 111 Å². The van der Waals surface area contributed by atoms with E-state index in [9.17, 15) is 29.4 Å². The van der Waals surface area contributed by atoms with Crippen LogP contribution in [0.2, 0.25) is 0 Å². The highest BCUT2D eigenvalue weighted by Crippen LogP contribution is 2.29. The topological polar surface area (TPSA) is 200 Å². The van der Waals surface area contributed by atoms with Crippen molar-refractivity contribution in [2.24, 2.45) is 0 Å². The first kappa shape index (κ1) is 48.2. The number of aromatic nitrogens is 4. The molecular weight excluding hydrogens is 910 g/mol. The Labute approximate surface area is 389 Å². The Kier molecular flexibility index (Phi) is 15.5. The van der Waals surface area contributed by atoms with Crippen molar-refractivity contribution in [1.29, 1.82) is 0 Å². The summed E-state index contributed by atoms with van der Waals surface area (Å²) in [4.78, 5) is 67.4. The Morgan fingerprint density at radius 1 is 0.758 bits per heavy atom. The summed E-state index contributed by atoms with van der Waals surface area (Å²) in [6.45, 7) is 4.44. The van der Waals surface area contributed by atoms with Crippen LogP contribution in [0.1, 0.15) is 66.1 Å². The lowest BCUT2D eigenvalue weighted by Crippen LogP contribution is -2.37. The lowest BCUT2D eigenvalue weighted by molar-refractivity contribution is -0.137. The fraction of sp³-hybridized carbons (Fsp3) is 0.280. The highest BCUT2D eigenvalue weighted by atomic mass is 79.9. The molecule has 2 fully saturated rings. The zero-order valence-corrected chi connectivity index (χ0v) is 38.5. The molecule has 1 aliphatic heterocycles. The number of nitrogens with zero attached hydrogens (tertiary/aromatic N) is 5. The standard InChI is InChI=1S/C25H23N3O5.C18H15BrN2O3.C7H8O2/c1-4-33-23(29)21-19-15-18(32-3)8-9-20(19)26-22(27-21)17-7-5-6-16(14-17)10-11-25(31)12-13-28(2)24(25)30;1-3-24-18(22)16-14-10-13(23-2)7-8-15(14)20-17(21-16)11-5-4-6-12(19)9-11;1-2-7(9)5-3-4-6(7)8/h5-9,14-15,31H,4,12-13H2,1-3H3;4-10H,3H2,1-2H3;1,9H,3-5H2/t25-;;7-/m0.0/s1. The molecule has 0 bridgehead atoms. The Bertz CT molecular complexity index is 2940. The van der Waals surface area contributed by atoms with Gasteiger partial charge in [0.2, 0.25) is 5.60 Å². The number of rotatable bonds is 8. The quantitative estimate of drug-likeness (QED) is 0.120. The van der Waals surface area contributed by atoms with Crippen molar-refractivity contribution >= 4 is 61.4 Å². The Balaban J connectivity index is 0.000000189. The van der Waals surface area contributed by atoms with Gasteiger partial charge < -0.3 is 34.1 Å². The Morgan fingerprint density at radius 3 is 1.74 bits per heavy atom. The molecule has 0 unspecified atom stereocenters. The molecule has 8 rings (SSSR count). The van der Waals surface area contributed by atoms with E-state index in [0.29, 0.717) is 75.5 Å². The SMILES string of the molecule is C#C[C@]1(O)CCCC1=O.CCOC(=O)c1nc(-c2cccc(Br)c2)nc2ccc(OC)cc12.CCOC(=O)c1nc(-c2cccc(C#C[C@]3(O)CCN(C)C3=O)c2)nc2ccc(OC)cc12. The van der Waals surface area contributed by atoms with E-state index in [4.69, 9.17) is 25.4 Å². The second kappa shape index (κ2) is 21.2. The van der Waals surface area contributed by atoms with E-state index in [1.54, 1.807) is 95.8 Å². The number of aliphatic hydroxyl groups is 2. The molecule has 16 heteroatoms. The number of Topliss-reactive ketones (excluding diaryl/α,β-unsaturated/α-hetero) is 1. The van der Waals surface area contributed by atoms with Crippen LogP contribution >= 0.6 is 15.9 Å². The molecule has 2 aromatic heterocycles. The van der Waals surface area contributed by atoms with E-state index in [1.165, 1.54) is 4.90 Å². The van der Waals surface area contributed by atoms with E-state index in [0.717, 1.165) is 16.5 Å². The number of hydrogen-bond donors (Lipinski definition) is 2. The Hall–Kier alpha value is -7.24. The highest BCUT2D eigenvalue weighted by molar-refractivity contribution is 9.10. The number of likely N-dealkylation sites (tertiary alicyclic amines) is 1. The zero-order chi connectivity index (χ0) is 47.6. The molecule has 338 valence electrons. The van der Waals surface area contributed by atoms with Crippen LogP contribution in [0.5, 0.6) is 11.5 Å². The molecule has 0 radical (unpaired) electrons. The average Bonchev–Trinajstić information content (AvgIpc) is 3.81. The van der Waals surface area contributed by atoms with Gasteiger partial charge in [-0.25, -0.2) is 29.5 Å². The molecule has 1 amide bonds. The number of halogens is 1. The lowest BCUT2D eigenvalue weighted by atomic mass is 10.0. The third-order valence-corrected chi connectivity index (χ3v) is 11.0. The number of carbonyl (C=O) groups excluding carboxylic acids is 4. The predicted octanol–water partition coefficient (Wildman–Crippen LogP) is 6.78. The summed E-state index contributed by atoms with van der Waals surface area (Å²) in [7, 11) is 4.75. The first-order valence-corrected chi connectivity index (χ1v) is 21.6. The van der Waals surface area contributed by atoms with Crippen LogP contribution in [0.4, 0.5) is 0 Å². The third-order valence-electron chi connectivity index (χ3n) is 10.5. The molecule has 1 saturated heterocycles. The van der Waals surface area contributed by atoms with Crippen molar-refractivity contribution in [3.05, 3.63) is 106 Å². The van der Waals surface area contributed by atoms with E-state index < -0.39 is 29.0 Å². The number of terminal acetylenes is 1. The first-order chi connectivity index (χ1) is 31.6. The van der Waals surface area contributed by atoms with Gasteiger partial charge in [-0.3, -0.25) is 9.59 Å². The summed E-state index contributed by atoms with van der Waals surface area (Å²) in [5.74, 6) is 8.06. The number of benzene rings is 4. The number of hydrogen-bond acceptors (Lipinski definition) is 14. The molecule has 1 aliphatic carbocycles. The van der Waals surface area contributed by atoms with Gasteiger partial charge in [-0.1, -0.05) is 58.0 Å². The minimum atomic E-state index is -1.68. The number of ether oxygens (including phenoxy) is 4. The normalized spacial score (nSPS) is 17.3. The number of carbonyl (C=O) groups is 4. The number of ketones is 1. The average molecular weight is 957 g/mol. The fourth-order valence-electron chi connectivity index (χ4n) is 6.95.